The second kappa shape index (κ2) is 8.58. The summed E-state index contributed by atoms with van der Waals surface area (Å²) in [5.41, 5.74) is 0.681. The molecule has 0 bridgehead atoms. The Balaban J connectivity index is 1.64. The Morgan fingerprint density at radius 1 is 1.08 bits per heavy atom. The van der Waals surface area contributed by atoms with Crippen LogP contribution in [0.2, 0.25) is 0 Å². The second-order valence-electron chi connectivity index (χ2n) is 5.91. The average molecular weight is 357 g/mol. The summed E-state index contributed by atoms with van der Waals surface area (Å²) < 4.78 is 22.3. The molecule has 2 aromatic rings. The third-order valence-corrected chi connectivity index (χ3v) is 4.24. The Morgan fingerprint density at radius 2 is 1.77 bits per heavy atom. The standard InChI is InChI=1S/C20H23NO5/c1-23-17-9-6-10-18(24-2)19(17)26-14-16-13-21(11-12-25-16)20(22)15-7-4-3-5-8-15/h3-10,16H,11-14H2,1-2H3. The molecule has 0 aliphatic carbocycles. The Labute approximate surface area is 153 Å². The number of methoxy groups -OCH3 is 2. The van der Waals surface area contributed by atoms with E-state index in [9.17, 15) is 4.79 Å². The van der Waals surface area contributed by atoms with Crippen molar-refractivity contribution < 1.29 is 23.7 Å². The van der Waals surface area contributed by atoms with Crippen molar-refractivity contribution in [1.29, 1.82) is 0 Å². The number of ether oxygens (including phenoxy) is 4. The van der Waals surface area contributed by atoms with Crippen LogP contribution in [0.1, 0.15) is 10.4 Å². The van der Waals surface area contributed by atoms with Crippen LogP contribution in [0.25, 0.3) is 0 Å². The molecule has 1 aliphatic rings. The van der Waals surface area contributed by atoms with Crippen molar-refractivity contribution in [3.63, 3.8) is 0 Å². The molecule has 6 heteroatoms. The minimum atomic E-state index is -0.217. The number of benzene rings is 2. The maximum Gasteiger partial charge on any atom is 0.254 e. The van der Waals surface area contributed by atoms with Crippen molar-refractivity contribution in [2.24, 2.45) is 0 Å². The van der Waals surface area contributed by atoms with Crippen LogP contribution in [-0.2, 0) is 4.74 Å². The number of nitrogens with zero attached hydrogens (tertiary/aromatic N) is 1. The minimum absolute atomic E-state index is 0.00812. The molecule has 1 atom stereocenters. The Bertz CT molecular complexity index is 712. The Morgan fingerprint density at radius 3 is 2.42 bits per heavy atom. The van der Waals surface area contributed by atoms with Crippen molar-refractivity contribution in [2.75, 3.05) is 40.5 Å². The lowest BCUT2D eigenvalue weighted by Crippen LogP contribution is -2.47. The quantitative estimate of drug-likeness (QED) is 0.795. The van der Waals surface area contributed by atoms with Gasteiger partial charge in [-0.25, -0.2) is 0 Å². The van der Waals surface area contributed by atoms with Crippen LogP contribution in [0.5, 0.6) is 17.2 Å². The molecule has 1 fully saturated rings. The molecule has 1 amide bonds. The molecule has 1 heterocycles. The smallest absolute Gasteiger partial charge is 0.254 e. The molecule has 3 rings (SSSR count). The maximum atomic E-state index is 12.6. The van der Waals surface area contributed by atoms with Gasteiger partial charge in [0.25, 0.3) is 5.91 Å². The van der Waals surface area contributed by atoms with Gasteiger partial charge in [0.05, 0.1) is 27.4 Å². The van der Waals surface area contributed by atoms with Crippen LogP contribution in [0, 0.1) is 0 Å². The Kier molecular flexibility index (Phi) is 5.96. The van der Waals surface area contributed by atoms with Crippen molar-refractivity contribution >= 4 is 5.91 Å². The molecule has 1 aliphatic heterocycles. The van der Waals surface area contributed by atoms with Gasteiger partial charge < -0.3 is 23.8 Å². The lowest BCUT2D eigenvalue weighted by atomic mass is 10.2. The van der Waals surface area contributed by atoms with Gasteiger partial charge in [0.2, 0.25) is 5.75 Å². The summed E-state index contributed by atoms with van der Waals surface area (Å²) in [7, 11) is 3.16. The number of para-hydroxylation sites is 1. The summed E-state index contributed by atoms with van der Waals surface area (Å²) in [6.07, 6.45) is -0.217. The van der Waals surface area contributed by atoms with Crippen molar-refractivity contribution in [2.45, 2.75) is 6.10 Å². The van der Waals surface area contributed by atoms with Crippen molar-refractivity contribution in [3.8, 4) is 17.2 Å². The van der Waals surface area contributed by atoms with Crippen LogP contribution in [0.3, 0.4) is 0 Å². The summed E-state index contributed by atoms with van der Waals surface area (Å²) in [5.74, 6) is 1.73. The van der Waals surface area contributed by atoms with E-state index in [2.05, 4.69) is 0 Å². The van der Waals surface area contributed by atoms with E-state index in [4.69, 9.17) is 18.9 Å². The topological polar surface area (TPSA) is 57.2 Å². The van der Waals surface area contributed by atoms with Crippen LogP contribution < -0.4 is 14.2 Å². The van der Waals surface area contributed by atoms with Crippen LogP contribution in [0.15, 0.2) is 48.5 Å². The van der Waals surface area contributed by atoms with Gasteiger partial charge >= 0.3 is 0 Å². The number of rotatable bonds is 6. The summed E-state index contributed by atoms with van der Waals surface area (Å²) in [6, 6.07) is 14.7. The van der Waals surface area contributed by atoms with Gasteiger partial charge in [-0.1, -0.05) is 24.3 Å². The highest BCUT2D eigenvalue weighted by atomic mass is 16.6. The van der Waals surface area contributed by atoms with E-state index in [-0.39, 0.29) is 12.0 Å². The number of carbonyl (C=O) groups is 1. The zero-order chi connectivity index (χ0) is 18.4. The van der Waals surface area contributed by atoms with Crippen LogP contribution in [-0.4, -0.2) is 57.4 Å². The zero-order valence-electron chi connectivity index (χ0n) is 15.0. The monoisotopic (exact) mass is 357 g/mol. The summed E-state index contributed by atoms with van der Waals surface area (Å²) in [5, 5.41) is 0. The van der Waals surface area contributed by atoms with Crippen LogP contribution >= 0.6 is 0 Å². The first-order chi connectivity index (χ1) is 12.7. The fourth-order valence-corrected chi connectivity index (χ4v) is 2.90. The van der Waals surface area contributed by atoms with Gasteiger partial charge in [0, 0.05) is 12.1 Å². The van der Waals surface area contributed by atoms with Gasteiger partial charge in [-0.3, -0.25) is 4.79 Å². The molecule has 26 heavy (non-hydrogen) atoms. The van der Waals surface area contributed by atoms with Crippen molar-refractivity contribution in [1.82, 2.24) is 4.90 Å². The molecule has 0 aromatic heterocycles. The van der Waals surface area contributed by atoms with Gasteiger partial charge in [-0.05, 0) is 24.3 Å². The molecule has 138 valence electrons. The Hall–Kier alpha value is -2.73. The van der Waals surface area contributed by atoms with Gasteiger partial charge in [0.1, 0.15) is 12.7 Å². The normalized spacial score (nSPS) is 16.8. The van der Waals surface area contributed by atoms with Crippen LogP contribution in [0.4, 0.5) is 0 Å². The summed E-state index contributed by atoms with van der Waals surface area (Å²) >= 11 is 0. The van der Waals surface area contributed by atoms with E-state index >= 15 is 0 Å². The number of hydrogen-bond donors (Lipinski definition) is 0. The molecular weight excluding hydrogens is 334 g/mol. The minimum Gasteiger partial charge on any atom is -0.493 e. The highest BCUT2D eigenvalue weighted by molar-refractivity contribution is 5.94. The van der Waals surface area contributed by atoms with E-state index in [1.54, 1.807) is 19.1 Å². The molecule has 1 saturated heterocycles. The van der Waals surface area contributed by atoms with E-state index in [0.29, 0.717) is 49.1 Å². The largest absolute Gasteiger partial charge is 0.493 e. The highest BCUT2D eigenvalue weighted by Gasteiger charge is 2.26. The molecular formula is C20H23NO5. The zero-order valence-corrected chi connectivity index (χ0v) is 15.0. The third-order valence-electron chi connectivity index (χ3n) is 4.24. The second-order valence-corrected chi connectivity index (χ2v) is 5.91. The average Bonchev–Trinajstić information content (AvgIpc) is 2.72. The molecule has 0 N–H and O–H groups in total. The van der Waals surface area contributed by atoms with Gasteiger partial charge in [0.15, 0.2) is 11.5 Å². The van der Waals surface area contributed by atoms with E-state index in [1.807, 2.05) is 48.5 Å². The number of morpholine rings is 1. The van der Waals surface area contributed by atoms with E-state index in [0.717, 1.165) is 0 Å². The van der Waals surface area contributed by atoms with Gasteiger partial charge in [-0.2, -0.15) is 0 Å². The summed E-state index contributed by atoms with van der Waals surface area (Å²) in [4.78, 5) is 14.4. The predicted molar refractivity (Wildman–Crippen MR) is 97.1 cm³/mol. The molecule has 1 unspecified atom stereocenters. The first-order valence-corrected chi connectivity index (χ1v) is 8.52. The number of hydrogen-bond acceptors (Lipinski definition) is 5. The highest BCUT2D eigenvalue weighted by Crippen LogP contribution is 2.36. The maximum absolute atomic E-state index is 12.6. The first-order valence-electron chi connectivity index (χ1n) is 8.52. The fraction of sp³-hybridized carbons (Fsp3) is 0.350. The third kappa shape index (κ3) is 4.08. The van der Waals surface area contributed by atoms with Crippen molar-refractivity contribution in [3.05, 3.63) is 54.1 Å². The summed E-state index contributed by atoms with van der Waals surface area (Å²) in [6.45, 7) is 1.83. The lowest BCUT2D eigenvalue weighted by molar-refractivity contribution is -0.0406. The molecule has 6 nitrogen and oxygen atoms in total. The number of amides is 1. The molecule has 0 saturated carbocycles. The fourth-order valence-electron chi connectivity index (χ4n) is 2.90. The lowest BCUT2D eigenvalue weighted by Gasteiger charge is -2.33. The molecule has 2 aromatic carbocycles. The van der Waals surface area contributed by atoms with E-state index in [1.165, 1.54) is 0 Å². The predicted octanol–water partition coefficient (Wildman–Crippen LogP) is 2.62. The number of carbonyl (C=O) groups excluding carboxylic acids is 1. The first kappa shape index (κ1) is 18.1. The molecule has 0 spiro atoms. The van der Waals surface area contributed by atoms with Gasteiger partial charge in [-0.15, -0.1) is 0 Å². The van der Waals surface area contributed by atoms with E-state index < -0.39 is 0 Å². The molecule has 0 radical (unpaired) electrons. The SMILES string of the molecule is COc1cccc(OC)c1OCC1CN(C(=O)c2ccccc2)CCO1.